The highest BCUT2D eigenvalue weighted by Crippen LogP contribution is 2.41. The van der Waals surface area contributed by atoms with Crippen molar-refractivity contribution in [1.29, 1.82) is 0 Å². The zero-order valence-corrected chi connectivity index (χ0v) is 24.0. The van der Waals surface area contributed by atoms with Crippen LogP contribution in [0.2, 0.25) is 0 Å². The van der Waals surface area contributed by atoms with Crippen LogP contribution in [-0.2, 0) is 25.7 Å². The average Bonchev–Trinajstić information content (AvgIpc) is 2.77. The monoisotopic (exact) mass is 658 g/mol. The van der Waals surface area contributed by atoms with Crippen LogP contribution in [-0.4, -0.2) is 45.9 Å². The second-order valence-corrected chi connectivity index (χ2v) is 12.9. The maximum Gasteiger partial charge on any atom is 0.394 e. The van der Waals surface area contributed by atoms with Crippen LogP contribution in [0, 0.1) is 0 Å². The lowest BCUT2D eigenvalue weighted by molar-refractivity contribution is -0.181. The van der Waals surface area contributed by atoms with Gasteiger partial charge in [-0.3, -0.25) is 0 Å². The minimum Gasteiger partial charge on any atom is -0.382 e. The number of halogens is 9. The highest BCUT2D eigenvalue weighted by Gasteiger charge is 2.53. The second-order valence-electron chi connectivity index (χ2n) is 9.69. The highest BCUT2D eigenvalue weighted by atomic mass is 32.2. The molecule has 0 atom stereocenters. The molecule has 2 aromatic rings. The fourth-order valence-electron chi connectivity index (χ4n) is 4.31. The van der Waals surface area contributed by atoms with E-state index in [1.807, 2.05) is 0 Å². The molecule has 0 unspecified atom stereocenters. The fourth-order valence-corrected chi connectivity index (χ4v) is 6.31. The third-order valence-electron chi connectivity index (χ3n) is 6.18. The van der Waals surface area contributed by atoms with Crippen molar-refractivity contribution in [2.24, 2.45) is 0 Å². The van der Waals surface area contributed by atoms with Crippen LogP contribution in [0.5, 0.6) is 11.5 Å². The molecule has 6 nitrogen and oxygen atoms in total. The summed E-state index contributed by atoms with van der Waals surface area (Å²) in [6, 6.07) is 9.74. The first-order valence-electron chi connectivity index (χ1n) is 12.1. The molecule has 17 heteroatoms. The molecule has 0 saturated heterocycles. The molecular formula is C25H27F9O6S2. The quantitative estimate of drug-likeness (QED) is 0.155. The van der Waals surface area contributed by atoms with Crippen molar-refractivity contribution < 1.29 is 64.7 Å². The van der Waals surface area contributed by atoms with E-state index in [1.165, 1.54) is 24.3 Å². The molecule has 0 aliphatic rings. The van der Waals surface area contributed by atoms with Gasteiger partial charge in [-0.05, 0) is 55.2 Å². The standard InChI is InChI=1S/C25H27F9O6S2/c1-4-22(5-2,18-8-12-20(13-9-18)40-42(37,38)25(33,34)14-21(3,26)27)17-6-10-19(11-7-17)39-41(35,36)16-23(28,29)15-24(30,31)32/h6-13H,4-5,14-16H2,1-3H3. The molecule has 2 aromatic carbocycles. The number of hydrogen-bond donors (Lipinski definition) is 0. The zero-order valence-electron chi connectivity index (χ0n) is 22.3. The van der Waals surface area contributed by atoms with Gasteiger partial charge in [0.25, 0.3) is 11.8 Å². The Morgan fingerprint density at radius 3 is 1.40 bits per heavy atom. The van der Waals surface area contributed by atoms with Gasteiger partial charge in [0, 0.05) is 5.41 Å². The van der Waals surface area contributed by atoms with E-state index in [-0.39, 0.29) is 6.92 Å². The lowest BCUT2D eigenvalue weighted by Gasteiger charge is -2.33. The van der Waals surface area contributed by atoms with Crippen LogP contribution in [0.25, 0.3) is 0 Å². The van der Waals surface area contributed by atoms with Gasteiger partial charge in [0.1, 0.15) is 17.9 Å². The Morgan fingerprint density at radius 2 is 1.05 bits per heavy atom. The third kappa shape index (κ3) is 9.41. The van der Waals surface area contributed by atoms with Gasteiger partial charge in [0.2, 0.25) is 0 Å². The minimum atomic E-state index is -5.78. The maximum atomic E-state index is 13.9. The van der Waals surface area contributed by atoms with Crippen LogP contribution < -0.4 is 8.37 Å². The Hall–Kier alpha value is -2.69. The molecule has 0 heterocycles. The van der Waals surface area contributed by atoms with Crippen LogP contribution >= 0.6 is 0 Å². The van der Waals surface area contributed by atoms with Crippen molar-refractivity contribution in [3.63, 3.8) is 0 Å². The molecule has 42 heavy (non-hydrogen) atoms. The van der Waals surface area contributed by atoms with Crippen molar-refractivity contribution in [1.82, 2.24) is 0 Å². The second kappa shape index (κ2) is 12.1. The van der Waals surface area contributed by atoms with Crippen LogP contribution in [0.1, 0.15) is 57.6 Å². The van der Waals surface area contributed by atoms with Crippen molar-refractivity contribution >= 4 is 20.2 Å². The molecule has 0 aromatic heterocycles. The summed E-state index contributed by atoms with van der Waals surface area (Å²) in [6.45, 7) is 3.66. The topological polar surface area (TPSA) is 86.7 Å². The van der Waals surface area contributed by atoms with Gasteiger partial charge >= 0.3 is 31.7 Å². The van der Waals surface area contributed by atoms with Gasteiger partial charge in [-0.2, -0.15) is 38.8 Å². The predicted octanol–water partition coefficient (Wildman–Crippen LogP) is 7.44. The summed E-state index contributed by atoms with van der Waals surface area (Å²) in [5.41, 5.74) is 0.192. The van der Waals surface area contributed by atoms with Crippen molar-refractivity contribution in [3.8, 4) is 11.5 Å². The van der Waals surface area contributed by atoms with Crippen molar-refractivity contribution in [2.45, 2.75) is 75.1 Å². The van der Waals surface area contributed by atoms with E-state index < -0.39 is 79.0 Å². The number of benzene rings is 2. The van der Waals surface area contributed by atoms with Gasteiger partial charge in [0.15, 0.2) is 5.75 Å². The van der Waals surface area contributed by atoms with Crippen LogP contribution in [0.4, 0.5) is 39.5 Å². The van der Waals surface area contributed by atoms with E-state index in [0.717, 1.165) is 24.3 Å². The average molecular weight is 659 g/mol. The van der Waals surface area contributed by atoms with E-state index in [1.54, 1.807) is 13.8 Å². The third-order valence-corrected chi connectivity index (χ3v) is 8.69. The summed E-state index contributed by atoms with van der Waals surface area (Å²) in [4.78, 5) is 0. The number of rotatable bonds is 14. The molecule has 0 N–H and O–H groups in total. The Morgan fingerprint density at radius 1 is 0.643 bits per heavy atom. The Bertz CT molecular complexity index is 1410. The Labute approximate surface area is 237 Å². The first-order valence-corrected chi connectivity index (χ1v) is 15.1. The summed E-state index contributed by atoms with van der Waals surface area (Å²) in [5, 5.41) is -4.88. The molecule has 0 spiro atoms. The molecule has 0 radical (unpaired) electrons. The van der Waals surface area contributed by atoms with Crippen LogP contribution in [0.3, 0.4) is 0 Å². The van der Waals surface area contributed by atoms with Gasteiger partial charge in [-0.15, -0.1) is 0 Å². The van der Waals surface area contributed by atoms with E-state index >= 15 is 0 Å². The predicted molar refractivity (Wildman–Crippen MR) is 134 cm³/mol. The Kier molecular flexibility index (Phi) is 10.3. The molecule has 0 aliphatic heterocycles. The van der Waals surface area contributed by atoms with Gasteiger partial charge in [-0.25, -0.2) is 17.6 Å². The SMILES string of the molecule is CCC(CC)(c1ccc(OS(=O)(=O)CC(F)(F)CC(F)(F)F)cc1)c1ccc(OS(=O)(=O)C(F)(F)CC(C)(F)F)cc1. The Balaban J connectivity index is 2.28. The van der Waals surface area contributed by atoms with Crippen LogP contribution in [0.15, 0.2) is 48.5 Å². The molecule has 0 amide bonds. The van der Waals surface area contributed by atoms with Gasteiger partial charge in [0.05, 0.1) is 6.42 Å². The summed E-state index contributed by atoms with van der Waals surface area (Å²) < 4.78 is 175. The molecule has 2 rings (SSSR count). The molecule has 238 valence electrons. The molecule has 0 aliphatic carbocycles. The summed E-state index contributed by atoms with van der Waals surface area (Å²) in [6.07, 6.45) is -9.47. The summed E-state index contributed by atoms with van der Waals surface area (Å²) >= 11 is 0. The largest absolute Gasteiger partial charge is 0.394 e. The van der Waals surface area contributed by atoms with E-state index in [9.17, 15) is 56.3 Å². The first-order chi connectivity index (χ1) is 18.9. The molecular weight excluding hydrogens is 631 g/mol. The highest BCUT2D eigenvalue weighted by molar-refractivity contribution is 7.88. The number of hydrogen-bond acceptors (Lipinski definition) is 6. The molecule has 0 bridgehead atoms. The summed E-state index contributed by atoms with van der Waals surface area (Å²) in [5.74, 6) is -11.8. The van der Waals surface area contributed by atoms with Gasteiger partial charge < -0.3 is 8.37 Å². The van der Waals surface area contributed by atoms with Gasteiger partial charge in [-0.1, -0.05) is 38.1 Å². The molecule has 0 saturated carbocycles. The maximum absolute atomic E-state index is 13.9. The normalized spacial score (nSPS) is 14.1. The van der Waals surface area contributed by atoms with Crippen molar-refractivity contribution in [3.05, 3.63) is 59.7 Å². The van der Waals surface area contributed by atoms with E-state index in [0.29, 0.717) is 24.0 Å². The van der Waals surface area contributed by atoms with E-state index in [4.69, 9.17) is 0 Å². The fraction of sp³-hybridized carbons (Fsp3) is 0.520. The first kappa shape index (κ1) is 35.5. The summed E-state index contributed by atoms with van der Waals surface area (Å²) in [7, 11) is -10.9. The molecule has 0 fully saturated rings. The van der Waals surface area contributed by atoms with Crippen molar-refractivity contribution in [2.75, 3.05) is 5.75 Å². The number of alkyl halides is 9. The lowest BCUT2D eigenvalue weighted by atomic mass is 9.70. The zero-order chi connectivity index (χ0) is 32.4. The smallest absolute Gasteiger partial charge is 0.382 e. The lowest BCUT2D eigenvalue weighted by Crippen LogP contribution is -2.37. The van der Waals surface area contributed by atoms with E-state index in [2.05, 4.69) is 8.37 Å². The minimum absolute atomic E-state index is 0.134.